The minimum Gasteiger partial charge on any atom is -0.338 e. The first-order chi connectivity index (χ1) is 17.6. The molecule has 6 heteroatoms. The monoisotopic (exact) mass is 482 g/mol. The van der Waals surface area contributed by atoms with E-state index in [4.69, 9.17) is 0 Å². The van der Waals surface area contributed by atoms with Gasteiger partial charge in [-0.05, 0) is 59.0 Å². The van der Waals surface area contributed by atoms with Crippen LogP contribution in [0.1, 0.15) is 39.5 Å². The first-order valence-electron chi connectivity index (χ1n) is 12.7. The van der Waals surface area contributed by atoms with E-state index in [1.807, 2.05) is 36.4 Å². The lowest BCUT2D eigenvalue weighted by Crippen LogP contribution is -2.29. The van der Waals surface area contributed by atoms with Crippen LogP contribution < -0.4 is 21.3 Å². The van der Waals surface area contributed by atoms with Crippen LogP contribution in [0.5, 0.6) is 0 Å². The van der Waals surface area contributed by atoms with Crippen molar-refractivity contribution in [3.05, 3.63) is 72.8 Å². The summed E-state index contributed by atoms with van der Waals surface area (Å²) in [5.41, 5.74) is 3.62. The summed E-state index contributed by atoms with van der Waals surface area (Å²) in [6.45, 7) is 5.50. The Labute approximate surface area is 212 Å². The van der Waals surface area contributed by atoms with E-state index in [-0.39, 0.29) is 12.1 Å². The highest BCUT2D eigenvalue weighted by molar-refractivity contribution is 6.05. The van der Waals surface area contributed by atoms with E-state index in [2.05, 4.69) is 71.5 Å². The molecule has 4 amide bonds. The molecule has 0 radical (unpaired) electrons. The van der Waals surface area contributed by atoms with Crippen molar-refractivity contribution in [2.75, 3.05) is 23.7 Å². The molecule has 0 saturated heterocycles. The summed E-state index contributed by atoms with van der Waals surface area (Å²) in [6.07, 6.45) is 3.97. The smallest absolute Gasteiger partial charge is 0.319 e. The maximum Gasteiger partial charge on any atom is 0.319 e. The van der Waals surface area contributed by atoms with Gasteiger partial charge in [0, 0.05) is 23.9 Å². The van der Waals surface area contributed by atoms with Crippen LogP contribution >= 0.6 is 0 Å². The van der Waals surface area contributed by atoms with Crippen molar-refractivity contribution >= 4 is 45.0 Å². The lowest BCUT2D eigenvalue weighted by Gasteiger charge is -2.13. The number of unbranched alkanes of at least 4 members (excludes halogenated alkanes) is 2. The van der Waals surface area contributed by atoms with Gasteiger partial charge in [-0.3, -0.25) is 0 Å². The summed E-state index contributed by atoms with van der Waals surface area (Å²) < 4.78 is 0. The van der Waals surface area contributed by atoms with Gasteiger partial charge in [-0.1, -0.05) is 75.2 Å². The number of amides is 4. The zero-order valence-electron chi connectivity index (χ0n) is 21.0. The fraction of sp³-hybridized carbons (Fsp3) is 0.267. The molecule has 0 saturated carbocycles. The third-order valence-corrected chi connectivity index (χ3v) is 6.23. The minimum atomic E-state index is -0.194. The Bertz CT molecular complexity index is 1260. The Morgan fingerprint density at radius 2 is 1.06 bits per heavy atom. The molecule has 0 spiro atoms. The number of urea groups is 2. The molecule has 4 aromatic carbocycles. The SMILES string of the molecule is CCCCNC(=O)Nc1cccc2ccc(-c3ccc4cccc(NC(=O)NCCCC)c4c3)cc12. The van der Waals surface area contributed by atoms with Crippen LogP contribution in [0.4, 0.5) is 21.0 Å². The fourth-order valence-electron chi connectivity index (χ4n) is 4.21. The Hall–Kier alpha value is -4.06. The van der Waals surface area contributed by atoms with Crippen LogP contribution in [0, 0.1) is 0 Å². The van der Waals surface area contributed by atoms with Crippen LogP contribution in [0.2, 0.25) is 0 Å². The lowest BCUT2D eigenvalue weighted by molar-refractivity contribution is 0.251. The maximum atomic E-state index is 12.4. The minimum absolute atomic E-state index is 0.194. The zero-order valence-corrected chi connectivity index (χ0v) is 21.0. The Kier molecular flexibility index (Phi) is 8.40. The Balaban J connectivity index is 1.63. The lowest BCUT2D eigenvalue weighted by atomic mass is 9.97. The average Bonchev–Trinajstić information content (AvgIpc) is 2.89. The number of rotatable bonds is 9. The van der Waals surface area contributed by atoms with Crippen LogP contribution in [-0.2, 0) is 0 Å². The second-order valence-electron chi connectivity index (χ2n) is 8.95. The van der Waals surface area contributed by atoms with E-state index in [1.54, 1.807) is 0 Å². The molecule has 0 aliphatic carbocycles. The summed E-state index contributed by atoms with van der Waals surface area (Å²) in [5.74, 6) is 0. The number of benzene rings is 4. The summed E-state index contributed by atoms with van der Waals surface area (Å²) in [5, 5.41) is 15.9. The number of carbonyl (C=O) groups is 2. The second-order valence-corrected chi connectivity index (χ2v) is 8.95. The molecule has 0 aliphatic heterocycles. The van der Waals surface area contributed by atoms with Gasteiger partial charge in [0.25, 0.3) is 0 Å². The molecule has 0 aliphatic rings. The van der Waals surface area contributed by atoms with Gasteiger partial charge in [0.2, 0.25) is 0 Å². The molecule has 0 heterocycles. The van der Waals surface area contributed by atoms with Gasteiger partial charge in [0.1, 0.15) is 0 Å². The van der Waals surface area contributed by atoms with E-state index in [9.17, 15) is 9.59 Å². The van der Waals surface area contributed by atoms with E-state index < -0.39 is 0 Å². The van der Waals surface area contributed by atoms with Gasteiger partial charge in [0.15, 0.2) is 0 Å². The van der Waals surface area contributed by atoms with Gasteiger partial charge >= 0.3 is 12.1 Å². The van der Waals surface area contributed by atoms with Gasteiger partial charge in [-0.25, -0.2) is 9.59 Å². The number of hydrogen-bond donors (Lipinski definition) is 4. The van der Waals surface area contributed by atoms with Crippen molar-refractivity contribution in [2.45, 2.75) is 39.5 Å². The quantitative estimate of drug-likeness (QED) is 0.186. The molecular weight excluding hydrogens is 448 g/mol. The highest BCUT2D eigenvalue weighted by atomic mass is 16.2. The fourth-order valence-corrected chi connectivity index (χ4v) is 4.21. The van der Waals surface area contributed by atoms with Crippen molar-refractivity contribution < 1.29 is 9.59 Å². The van der Waals surface area contributed by atoms with Crippen LogP contribution in [0.25, 0.3) is 32.7 Å². The number of nitrogens with one attached hydrogen (secondary N) is 4. The molecule has 4 rings (SSSR count). The number of anilines is 2. The summed E-state index contributed by atoms with van der Waals surface area (Å²) in [7, 11) is 0. The van der Waals surface area contributed by atoms with E-state index >= 15 is 0 Å². The molecule has 6 nitrogen and oxygen atoms in total. The second kappa shape index (κ2) is 12.1. The molecular formula is C30H34N4O2. The van der Waals surface area contributed by atoms with Crippen LogP contribution in [0.3, 0.4) is 0 Å². The molecule has 0 unspecified atom stereocenters. The predicted octanol–water partition coefficient (Wildman–Crippen LogP) is 7.50. The summed E-state index contributed by atoms with van der Waals surface area (Å²) >= 11 is 0. The first kappa shape index (κ1) is 25.0. The average molecular weight is 483 g/mol. The van der Waals surface area contributed by atoms with E-state index in [1.165, 1.54) is 0 Å². The standard InChI is InChI=1S/C30H34N4O2/c1-3-5-17-31-29(35)33-27-11-7-9-21-13-15-23(19-25(21)27)24-16-14-22-10-8-12-28(26(22)20-24)34-30(36)32-18-6-4-2/h7-16,19-20H,3-6,17-18H2,1-2H3,(H2,31,33,35)(H2,32,34,36). The Morgan fingerprint density at radius 1 is 0.611 bits per heavy atom. The van der Waals surface area contributed by atoms with Gasteiger partial charge in [-0.2, -0.15) is 0 Å². The predicted molar refractivity (Wildman–Crippen MR) is 151 cm³/mol. The van der Waals surface area contributed by atoms with Gasteiger partial charge in [0.05, 0.1) is 11.4 Å². The van der Waals surface area contributed by atoms with Crippen molar-refractivity contribution in [3.8, 4) is 11.1 Å². The molecule has 0 fully saturated rings. The van der Waals surface area contributed by atoms with Crippen molar-refractivity contribution in [1.82, 2.24) is 10.6 Å². The number of hydrogen-bond acceptors (Lipinski definition) is 2. The van der Waals surface area contributed by atoms with Gasteiger partial charge in [-0.15, -0.1) is 0 Å². The highest BCUT2D eigenvalue weighted by Gasteiger charge is 2.10. The third-order valence-electron chi connectivity index (χ3n) is 6.23. The molecule has 36 heavy (non-hydrogen) atoms. The van der Waals surface area contributed by atoms with Crippen molar-refractivity contribution in [2.24, 2.45) is 0 Å². The molecule has 4 aromatic rings. The van der Waals surface area contributed by atoms with E-state index in [0.29, 0.717) is 13.1 Å². The molecule has 0 atom stereocenters. The topological polar surface area (TPSA) is 82.3 Å². The van der Waals surface area contributed by atoms with E-state index in [0.717, 1.165) is 69.7 Å². The maximum absolute atomic E-state index is 12.4. The van der Waals surface area contributed by atoms with Crippen molar-refractivity contribution in [1.29, 1.82) is 0 Å². The van der Waals surface area contributed by atoms with Gasteiger partial charge < -0.3 is 21.3 Å². The highest BCUT2D eigenvalue weighted by Crippen LogP contribution is 2.33. The normalized spacial score (nSPS) is 10.8. The molecule has 4 N–H and O–H groups in total. The summed E-state index contributed by atoms with van der Waals surface area (Å²) in [6, 6.07) is 23.9. The molecule has 186 valence electrons. The van der Waals surface area contributed by atoms with Crippen molar-refractivity contribution in [3.63, 3.8) is 0 Å². The molecule has 0 bridgehead atoms. The van der Waals surface area contributed by atoms with Crippen LogP contribution in [-0.4, -0.2) is 25.2 Å². The third kappa shape index (κ3) is 6.13. The van der Waals surface area contributed by atoms with Crippen LogP contribution in [0.15, 0.2) is 72.8 Å². The largest absolute Gasteiger partial charge is 0.338 e. The Morgan fingerprint density at radius 3 is 1.47 bits per heavy atom. The number of carbonyl (C=O) groups excluding carboxylic acids is 2. The first-order valence-corrected chi connectivity index (χ1v) is 12.7. The number of fused-ring (bicyclic) bond motifs is 2. The molecule has 0 aromatic heterocycles. The summed E-state index contributed by atoms with van der Waals surface area (Å²) in [4.78, 5) is 24.8. The zero-order chi connectivity index (χ0) is 25.3.